The zero-order valence-corrected chi connectivity index (χ0v) is 22.9. The molecule has 0 spiro atoms. The highest BCUT2D eigenvalue weighted by Crippen LogP contribution is 2.32. The van der Waals surface area contributed by atoms with Gasteiger partial charge in [0.25, 0.3) is 0 Å². The Morgan fingerprint density at radius 1 is 0.756 bits per heavy atom. The molecular weight excluding hydrogens is 608 g/mol. The zero-order chi connectivity index (χ0) is 32.9. The van der Waals surface area contributed by atoms with Gasteiger partial charge in [-0.25, -0.2) is 19.6 Å². The fourth-order valence-corrected chi connectivity index (χ4v) is 4.03. The van der Waals surface area contributed by atoms with Gasteiger partial charge in [0.15, 0.2) is 5.82 Å². The predicted molar refractivity (Wildman–Crippen MR) is 154 cm³/mol. The molecule has 0 aliphatic heterocycles. The third-order valence-electron chi connectivity index (χ3n) is 6.07. The topological polar surface area (TPSA) is 141 Å². The Morgan fingerprint density at radius 2 is 1.40 bits per heavy atom. The monoisotopic (exact) mass is 629 g/mol. The number of fused-ring (bicyclic) bond motifs is 3. The van der Waals surface area contributed by atoms with Gasteiger partial charge in [-0.05, 0) is 53.6 Å². The standard InChI is InChI=1S/C26H19N5.2C2HF3O2/c1-16-9-11-22-24(13-16)29-25(21-8-4-6-17-5-2-3-7-20(17)21)30-26(22)28-19-10-12-23-18(14-19)15-27-31-23;2*3-2(4,5)1(6)7/h2-15H,1H3,(H,27,31)(H,28,29,30);2*(H,6,7). The number of anilines is 2. The molecule has 232 valence electrons. The summed E-state index contributed by atoms with van der Waals surface area (Å²) in [5, 5.41) is 29.2. The lowest BCUT2D eigenvalue weighted by Gasteiger charge is -2.13. The van der Waals surface area contributed by atoms with Crippen molar-refractivity contribution in [3.8, 4) is 11.4 Å². The molecule has 6 rings (SSSR count). The molecule has 2 heterocycles. The van der Waals surface area contributed by atoms with E-state index in [0.717, 1.165) is 44.3 Å². The van der Waals surface area contributed by atoms with E-state index in [2.05, 4.69) is 89.2 Å². The van der Waals surface area contributed by atoms with Gasteiger partial charge in [0.1, 0.15) is 5.82 Å². The second kappa shape index (κ2) is 12.9. The van der Waals surface area contributed by atoms with Crippen LogP contribution in [0.5, 0.6) is 0 Å². The van der Waals surface area contributed by atoms with E-state index in [9.17, 15) is 26.3 Å². The lowest BCUT2D eigenvalue weighted by molar-refractivity contribution is -0.193. The summed E-state index contributed by atoms with van der Waals surface area (Å²) in [6.07, 6.45) is -8.34. The van der Waals surface area contributed by atoms with Crippen molar-refractivity contribution in [3.05, 3.63) is 90.6 Å². The van der Waals surface area contributed by atoms with Gasteiger partial charge in [0.05, 0.1) is 17.2 Å². The predicted octanol–water partition coefficient (Wildman–Crippen LogP) is 7.64. The summed E-state index contributed by atoms with van der Waals surface area (Å²) in [5.41, 5.74) is 5.07. The first kappa shape index (κ1) is 32.2. The lowest BCUT2D eigenvalue weighted by Crippen LogP contribution is -2.21. The number of aryl methyl sites for hydroxylation is 1. The van der Waals surface area contributed by atoms with Gasteiger partial charge in [-0.2, -0.15) is 31.4 Å². The molecule has 45 heavy (non-hydrogen) atoms. The number of hydrogen-bond donors (Lipinski definition) is 4. The van der Waals surface area contributed by atoms with Crippen LogP contribution in [0.1, 0.15) is 5.56 Å². The third-order valence-corrected chi connectivity index (χ3v) is 6.07. The van der Waals surface area contributed by atoms with Crippen LogP contribution in [-0.2, 0) is 9.59 Å². The van der Waals surface area contributed by atoms with Gasteiger partial charge in [-0.1, -0.05) is 48.5 Å². The van der Waals surface area contributed by atoms with Gasteiger partial charge in [-0.3, -0.25) is 5.10 Å². The summed E-state index contributed by atoms with van der Waals surface area (Å²) in [7, 11) is 0. The molecule has 0 bridgehead atoms. The number of H-pyrrole nitrogens is 1. The molecule has 0 amide bonds. The molecule has 0 aliphatic carbocycles. The number of nitrogens with zero attached hydrogens (tertiary/aromatic N) is 3. The van der Waals surface area contributed by atoms with E-state index in [1.165, 1.54) is 10.9 Å². The number of carbonyl (C=O) groups is 2. The molecule has 0 radical (unpaired) electrons. The van der Waals surface area contributed by atoms with Gasteiger partial charge < -0.3 is 15.5 Å². The maximum atomic E-state index is 10.6. The minimum atomic E-state index is -5.08. The number of carboxylic acids is 2. The fourth-order valence-electron chi connectivity index (χ4n) is 4.03. The average molecular weight is 630 g/mol. The molecule has 0 saturated carbocycles. The second-order valence-electron chi connectivity index (χ2n) is 9.35. The van der Waals surface area contributed by atoms with Crippen molar-refractivity contribution in [2.75, 3.05) is 5.32 Å². The van der Waals surface area contributed by atoms with Crippen LogP contribution < -0.4 is 5.32 Å². The van der Waals surface area contributed by atoms with Crippen LogP contribution >= 0.6 is 0 Å². The SMILES string of the molecule is Cc1ccc2c(Nc3ccc4[nH]ncc4c3)nc(-c3cccc4ccccc34)nc2c1.O=C(O)C(F)(F)F.O=C(O)C(F)(F)F. The first-order valence-corrected chi connectivity index (χ1v) is 12.7. The molecule has 4 aromatic carbocycles. The molecule has 0 fully saturated rings. The van der Waals surface area contributed by atoms with Gasteiger partial charge in [0, 0.05) is 22.0 Å². The van der Waals surface area contributed by atoms with Crippen LogP contribution in [0.2, 0.25) is 0 Å². The van der Waals surface area contributed by atoms with Crippen LogP contribution in [0.25, 0.3) is 44.0 Å². The van der Waals surface area contributed by atoms with Crippen LogP contribution in [0.15, 0.2) is 85.1 Å². The largest absolute Gasteiger partial charge is 0.490 e. The van der Waals surface area contributed by atoms with Crippen molar-refractivity contribution in [3.63, 3.8) is 0 Å². The number of aromatic amines is 1. The Bertz CT molecular complexity index is 1980. The van der Waals surface area contributed by atoms with Crippen LogP contribution in [0, 0.1) is 6.92 Å². The quantitative estimate of drug-likeness (QED) is 0.146. The minimum absolute atomic E-state index is 0.710. The van der Waals surface area contributed by atoms with Gasteiger partial charge >= 0.3 is 24.3 Å². The highest BCUT2D eigenvalue weighted by atomic mass is 19.4. The number of halogens is 6. The summed E-state index contributed by atoms with van der Waals surface area (Å²) in [5.74, 6) is -4.02. The van der Waals surface area contributed by atoms with Crippen molar-refractivity contribution in [1.82, 2.24) is 20.2 Å². The van der Waals surface area contributed by atoms with E-state index in [0.29, 0.717) is 5.82 Å². The second-order valence-corrected chi connectivity index (χ2v) is 9.35. The summed E-state index contributed by atoms with van der Waals surface area (Å²) >= 11 is 0. The lowest BCUT2D eigenvalue weighted by atomic mass is 10.0. The number of rotatable bonds is 3. The summed E-state index contributed by atoms with van der Waals surface area (Å²) < 4.78 is 63.5. The van der Waals surface area contributed by atoms with Crippen molar-refractivity contribution in [1.29, 1.82) is 0 Å². The van der Waals surface area contributed by atoms with Crippen molar-refractivity contribution in [2.24, 2.45) is 0 Å². The van der Waals surface area contributed by atoms with E-state index < -0.39 is 24.3 Å². The van der Waals surface area contributed by atoms with E-state index in [4.69, 9.17) is 29.8 Å². The number of hydrogen-bond acceptors (Lipinski definition) is 6. The normalized spacial score (nSPS) is 11.4. The van der Waals surface area contributed by atoms with E-state index in [1.807, 2.05) is 18.3 Å². The first-order valence-electron chi connectivity index (χ1n) is 12.7. The number of benzene rings is 4. The molecule has 0 unspecified atom stereocenters. The van der Waals surface area contributed by atoms with Gasteiger partial charge in [0.2, 0.25) is 0 Å². The maximum absolute atomic E-state index is 10.6. The first-order chi connectivity index (χ1) is 21.1. The van der Waals surface area contributed by atoms with Crippen LogP contribution in [-0.4, -0.2) is 54.7 Å². The molecule has 0 atom stereocenters. The Balaban J connectivity index is 0.000000277. The third kappa shape index (κ3) is 8.01. The Morgan fingerprint density at radius 3 is 2.07 bits per heavy atom. The molecule has 6 aromatic rings. The Hall–Kier alpha value is -5.73. The van der Waals surface area contributed by atoms with E-state index in [1.54, 1.807) is 0 Å². The van der Waals surface area contributed by atoms with Crippen molar-refractivity contribution >= 4 is 56.0 Å². The highest BCUT2D eigenvalue weighted by Gasteiger charge is 2.38. The fraction of sp³-hybridized carbons (Fsp3) is 0.100. The minimum Gasteiger partial charge on any atom is -0.475 e. The summed E-state index contributed by atoms with van der Waals surface area (Å²) in [6.45, 7) is 2.08. The molecule has 4 N–H and O–H groups in total. The highest BCUT2D eigenvalue weighted by molar-refractivity contribution is 5.98. The molecular formula is C30H21F6N5O4. The maximum Gasteiger partial charge on any atom is 0.490 e. The molecule has 0 saturated heterocycles. The van der Waals surface area contributed by atoms with Crippen molar-refractivity contribution in [2.45, 2.75) is 19.3 Å². The number of aliphatic carboxylic acids is 2. The smallest absolute Gasteiger partial charge is 0.475 e. The van der Waals surface area contributed by atoms with Crippen molar-refractivity contribution < 1.29 is 46.1 Å². The van der Waals surface area contributed by atoms with Crippen LogP contribution in [0.4, 0.5) is 37.8 Å². The summed E-state index contributed by atoms with van der Waals surface area (Å²) in [6, 6.07) is 27.0. The van der Waals surface area contributed by atoms with Crippen LogP contribution in [0.3, 0.4) is 0 Å². The number of alkyl halides is 6. The number of aromatic nitrogens is 4. The van der Waals surface area contributed by atoms with Gasteiger partial charge in [-0.15, -0.1) is 0 Å². The Labute approximate surface area is 249 Å². The summed E-state index contributed by atoms with van der Waals surface area (Å²) in [4.78, 5) is 27.7. The number of nitrogens with one attached hydrogen (secondary N) is 2. The Kier molecular flexibility index (Phi) is 9.21. The molecule has 2 aromatic heterocycles. The number of carboxylic acid groups (broad SMARTS) is 2. The molecule has 0 aliphatic rings. The molecule has 15 heteroatoms. The van der Waals surface area contributed by atoms with E-state index >= 15 is 0 Å². The average Bonchev–Trinajstić information content (AvgIpc) is 3.44. The van der Waals surface area contributed by atoms with E-state index in [-0.39, 0.29) is 0 Å². The molecule has 9 nitrogen and oxygen atoms in total. The zero-order valence-electron chi connectivity index (χ0n) is 22.9.